The summed E-state index contributed by atoms with van der Waals surface area (Å²) in [6.45, 7) is 0.704. The summed E-state index contributed by atoms with van der Waals surface area (Å²) in [7, 11) is 0. The number of anilines is 1. The van der Waals surface area contributed by atoms with Crippen LogP contribution in [0.5, 0.6) is 5.75 Å². The van der Waals surface area contributed by atoms with Gasteiger partial charge in [-0.3, -0.25) is 0 Å². The second kappa shape index (κ2) is 5.19. The lowest BCUT2D eigenvalue weighted by Gasteiger charge is -2.22. The van der Waals surface area contributed by atoms with Crippen molar-refractivity contribution in [2.45, 2.75) is 32.1 Å². The largest absolute Gasteiger partial charge is 0.491 e. The van der Waals surface area contributed by atoms with Gasteiger partial charge in [0, 0.05) is 6.07 Å². The van der Waals surface area contributed by atoms with Gasteiger partial charge in [-0.1, -0.05) is 19.3 Å². The maximum absolute atomic E-state index is 12.8. The molecule has 0 unspecified atom stereocenters. The number of halogens is 1. The van der Waals surface area contributed by atoms with E-state index in [4.69, 9.17) is 10.5 Å². The third kappa shape index (κ3) is 2.87. The van der Waals surface area contributed by atoms with Crippen LogP contribution >= 0.6 is 0 Å². The van der Waals surface area contributed by atoms with Gasteiger partial charge < -0.3 is 10.5 Å². The molecule has 16 heavy (non-hydrogen) atoms. The Morgan fingerprint density at radius 3 is 2.69 bits per heavy atom. The quantitative estimate of drug-likeness (QED) is 0.797. The molecule has 0 saturated heterocycles. The molecule has 2 N–H and O–H groups in total. The molecular weight excluding hydrogens is 205 g/mol. The topological polar surface area (TPSA) is 35.2 Å². The highest BCUT2D eigenvalue weighted by Crippen LogP contribution is 2.27. The Labute approximate surface area is 95.6 Å². The van der Waals surface area contributed by atoms with Crippen molar-refractivity contribution in [3.8, 4) is 5.75 Å². The highest BCUT2D eigenvalue weighted by Gasteiger charge is 2.14. The smallest absolute Gasteiger partial charge is 0.142 e. The van der Waals surface area contributed by atoms with Crippen LogP contribution < -0.4 is 10.5 Å². The van der Waals surface area contributed by atoms with Crippen molar-refractivity contribution in [1.82, 2.24) is 0 Å². The van der Waals surface area contributed by atoms with E-state index >= 15 is 0 Å². The highest BCUT2D eigenvalue weighted by molar-refractivity contribution is 5.52. The maximum atomic E-state index is 12.8. The molecule has 0 radical (unpaired) electrons. The van der Waals surface area contributed by atoms with Crippen LogP contribution in [0, 0.1) is 11.7 Å². The Kier molecular flexibility index (Phi) is 3.65. The summed E-state index contributed by atoms with van der Waals surface area (Å²) in [4.78, 5) is 0. The second-order valence-corrected chi connectivity index (χ2v) is 4.50. The van der Waals surface area contributed by atoms with Crippen molar-refractivity contribution in [3.63, 3.8) is 0 Å². The molecule has 0 amide bonds. The minimum atomic E-state index is -0.317. The minimum absolute atomic E-state index is 0.317. The van der Waals surface area contributed by atoms with Crippen LogP contribution in [0.2, 0.25) is 0 Å². The molecule has 0 bridgehead atoms. The Bertz CT molecular complexity index is 348. The summed E-state index contributed by atoms with van der Waals surface area (Å²) in [5.41, 5.74) is 6.06. The summed E-state index contributed by atoms with van der Waals surface area (Å²) in [5.74, 6) is 0.924. The number of hydrogen-bond donors (Lipinski definition) is 1. The minimum Gasteiger partial charge on any atom is -0.491 e. The monoisotopic (exact) mass is 223 g/mol. The number of rotatable bonds is 3. The fraction of sp³-hybridized carbons (Fsp3) is 0.538. The fourth-order valence-electron chi connectivity index (χ4n) is 2.21. The lowest BCUT2D eigenvalue weighted by atomic mass is 9.90. The van der Waals surface area contributed by atoms with E-state index in [2.05, 4.69) is 0 Å². The van der Waals surface area contributed by atoms with Crippen molar-refractivity contribution >= 4 is 5.69 Å². The van der Waals surface area contributed by atoms with E-state index in [1.807, 2.05) is 0 Å². The molecule has 1 aliphatic rings. The van der Waals surface area contributed by atoms with Gasteiger partial charge in [0.15, 0.2) is 0 Å². The van der Waals surface area contributed by atoms with E-state index in [0.29, 0.717) is 24.0 Å². The lowest BCUT2D eigenvalue weighted by molar-refractivity contribution is 0.209. The van der Waals surface area contributed by atoms with E-state index in [-0.39, 0.29) is 5.82 Å². The Morgan fingerprint density at radius 1 is 1.25 bits per heavy atom. The van der Waals surface area contributed by atoms with Gasteiger partial charge in [0.1, 0.15) is 11.6 Å². The standard InChI is InChI=1S/C13H18FNO/c14-11-6-7-13(12(15)8-11)16-9-10-4-2-1-3-5-10/h6-8,10H,1-5,9,15H2. The van der Waals surface area contributed by atoms with Crippen LogP contribution in [-0.4, -0.2) is 6.61 Å². The number of ether oxygens (including phenoxy) is 1. The molecule has 0 aromatic heterocycles. The molecular formula is C13H18FNO. The highest BCUT2D eigenvalue weighted by atomic mass is 19.1. The first-order valence-corrected chi connectivity index (χ1v) is 5.93. The van der Waals surface area contributed by atoms with Crippen LogP contribution in [0.1, 0.15) is 32.1 Å². The van der Waals surface area contributed by atoms with Gasteiger partial charge in [-0.15, -0.1) is 0 Å². The molecule has 1 saturated carbocycles. The second-order valence-electron chi connectivity index (χ2n) is 4.50. The molecule has 0 aliphatic heterocycles. The van der Waals surface area contributed by atoms with E-state index < -0.39 is 0 Å². The van der Waals surface area contributed by atoms with Gasteiger partial charge in [0.25, 0.3) is 0 Å². The molecule has 3 heteroatoms. The van der Waals surface area contributed by atoms with Gasteiger partial charge in [-0.05, 0) is 30.9 Å². The first-order chi connectivity index (χ1) is 7.75. The summed E-state index contributed by atoms with van der Waals surface area (Å²) in [5, 5.41) is 0. The van der Waals surface area contributed by atoms with Crippen LogP contribution in [0.3, 0.4) is 0 Å². The first-order valence-electron chi connectivity index (χ1n) is 5.93. The molecule has 0 atom stereocenters. The normalized spacial score (nSPS) is 17.3. The molecule has 1 aromatic carbocycles. The number of nitrogens with two attached hydrogens (primary N) is 1. The Hall–Kier alpha value is -1.25. The zero-order valence-corrected chi connectivity index (χ0v) is 9.42. The Balaban J connectivity index is 1.88. The first kappa shape index (κ1) is 11.2. The molecule has 1 aliphatic carbocycles. The van der Waals surface area contributed by atoms with Gasteiger partial charge >= 0.3 is 0 Å². The predicted octanol–water partition coefficient (Wildman–Crippen LogP) is 3.37. The zero-order valence-electron chi connectivity index (χ0n) is 9.42. The van der Waals surface area contributed by atoms with E-state index in [9.17, 15) is 4.39 Å². The number of hydrogen-bond acceptors (Lipinski definition) is 2. The number of nitrogen functional groups attached to an aromatic ring is 1. The molecule has 88 valence electrons. The van der Waals surface area contributed by atoms with Gasteiger partial charge in [0.2, 0.25) is 0 Å². The van der Waals surface area contributed by atoms with Crippen molar-refractivity contribution in [2.24, 2.45) is 5.92 Å². The van der Waals surface area contributed by atoms with E-state index in [0.717, 1.165) is 0 Å². The molecule has 2 rings (SSSR count). The summed E-state index contributed by atoms with van der Waals surface area (Å²) in [6, 6.07) is 4.29. The van der Waals surface area contributed by atoms with Gasteiger partial charge in [-0.2, -0.15) is 0 Å². The number of benzene rings is 1. The molecule has 0 heterocycles. The summed E-state index contributed by atoms with van der Waals surface area (Å²) in [6.07, 6.45) is 6.41. The molecule has 1 fully saturated rings. The predicted molar refractivity (Wildman–Crippen MR) is 62.9 cm³/mol. The average molecular weight is 223 g/mol. The third-order valence-electron chi connectivity index (χ3n) is 3.17. The molecule has 1 aromatic rings. The van der Waals surface area contributed by atoms with Crippen LogP contribution in [0.4, 0.5) is 10.1 Å². The fourth-order valence-corrected chi connectivity index (χ4v) is 2.21. The average Bonchev–Trinajstić information content (AvgIpc) is 2.29. The summed E-state index contributed by atoms with van der Waals surface area (Å²) < 4.78 is 18.4. The lowest BCUT2D eigenvalue weighted by Crippen LogP contribution is -2.15. The SMILES string of the molecule is Nc1cc(F)ccc1OCC1CCCCC1. The molecule has 0 spiro atoms. The third-order valence-corrected chi connectivity index (χ3v) is 3.17. The van der Waals surface area contributed by atoms with Crippen LogP contribution in [-0.2, 0) is 0 Å². The van der Waals surface area contributed by atoms with Crippen molar-refractivity contribution in [3.05, 3.63) is 24.0 Å². The zero-order chi connectivity index (χ0) is 11.4. The summed E-state index contributed by atoms with van der Waals surface area (Å²) >= 11 is 0. The van der Waals surface area contributed by atoms with Crippen molar-refractivity contribution in [1.29, 1.82) is 0 Å². The van der Waals surface area contributed by atoms with E-state index in [1.54, 1.807) is 6.07 Å². The Morgan fingerprint density at radius 2 is 2.00 bits per heavy atom. The van der Waals surface area contributed by atoms with Gasteiger partial charge in [0.05, 0.1) is 12.3 Å². The van der Waals surface area contributed by atoms with E-state index in [1.165, 1.54) is 44.2 Å². The molecule has 2 nitrogen and oxygen atoms in total. The van der Waals surface area contributed by atoms with Gasteiger partial charge in [-0.25, -0.2) is 4.39 Å². The van der Waals surface area contributed by atoms with Crippen molar-refractivity contribution in [2.75, 3.05) is 12.3 Å². The maximum Gasteiger partial charge on any atom is 0.142 e. The van der Waals surface area contributed by atoms with Crippen LogP contribution in [0.25, 0.3) is 0 Å². The van der Waals surface area contributed by atoms with Crippen LogP contribution in [0.15, 0.2) is 18.2 Å². The van der Waals surface area contributed by atoms with Crippen molar-refractivity contribution < 1.29 is 9.13 Å².